The first kappa shape index (κ1) is 16.4. The predicted molar refractivity (Wildman–Crippen MR) is 94.3 cm³/mol. The first-order valence-corrected chi connectivity index (χ1v) is 7.96. The van der Waals surface area contributed by atoms with Gasteiger partial charge in [0.05, 0.1) is 10.5 Å². The zero-order chi connectivity index (χ0) is 17.3. The number of non-ortho nitro benzene ring substituents is 1. The fourth-order valence-corrected chi connectivity index (χ4v) is 2.60. The van der Waals surface area contributed by atoms with E-state index >= 15 is 0 Å². The van der Waals surface area contributed by atoms with Crippen molar-refractivity contribution >= 4 is 51.0 Å². The molecule has 0 fully saturated rings. The van der Waals surface area contributed by atoms with Crippen molar-refractivity contribution in [3.05, 3.63) is 84.9 Å². The smallest absolute Gasteiger partial charge is 0.343 e. The van der Waals surface area contributed by atoms with Gasteiger partial charge >= 0.3 is 5.97 Å². The number of nitro benzene ring substituents is 1. The van der Waals surface area contributed by atoms with Crippen LogP contribution in [0.3, 0.4) is 0 Å². The molecule has 3 rings (SSSR count). The topological polar surface area (TPSA) is 69.4 Å². The number of esters is 1. The third-order valence-corrected chi connectivity index (χ3v) is 4.23. The monoisotopic (exact) mass is 405 g/mol. The Hall–Kier alpha value is -2.44. The van der Waals surface area contributed by atoms with Crippen LogP contribution in [0.25, 0.3) is 11.8 Å². The van der Waals surface area contributed by atoms with Crippen LogP contribution in [-0.2, 0) is 9.53 Å². The molecule has 0 spiro atoms. The molecule has 0 aromatic heterocycles. The number of carbonyl (C=O) groups excluding carboxylic acids is 1. The molecule has 5 nitrogen and oxygen atoms in total. The van der Waals surface area contributed by atoms with Crippen LogP contribution in [0.4, 0.5) is 5.69 Å². The third-order valence-electron chi connectivity index (χ3n) is 3.36. The minimum absolute atomic E-state index is 0.102. The van der Waals surface area contributed by atoms with Crippen molar-refractivity contribution < 1.29 is 14.5 Å². The summed E-state index contributed by atoms with van der Waals surface area (Å²) in [6.45, 7) is 0. The largest absolute Gasteiger partial charge is 0.422 e. The van der Waals surface area contributed by atoms with Gasteiger partial charge in [0, 0.05) is 32.8 Å². The summed E-state index contributed by atoms with van der Waals surface area (Å²) in [5, 5.41) is 11.2. The lowest BCUT2D eigenvalue weighted by atomic mass is 10.1. The molecule has 1 heterocycles. The average Bonchev–Trinajstić information content (AvgIpc) is 2.91. The van der Waals surface area contributed by atoms with Crippen molar-refractivity contribution in [1.29, 1.82) is 0 Å². The molecule has 1 aliphatic heterocycles. The molecule has 0 amide bonds. The quantitative estimate of drug-likeness (QED) is 0.311. The Labute approximate surface area is 150 Å². The number of hydrogen-bond acceptors (Lipinski definition) is 4. The number of nitrogens with zero attached hydrogens (tertiary/aromatic N) is 1. The molecular formula is C17H9BrClNO4. The van der Waals surface area contributed by atoms with Crippen LogP contribution < -0.4 is 0 Å². The molecule has 120 valence electrons. The van der Waals surface area contributed by atoms with E-state index in [2.05, 4.69) is 15.9 Å². The van der Waals surface area contributed by atoms with Crippen molar-refractivity contribution in [1.82, 2.24) is 0 Å². The number of ether oxygens (including phenoxy) is 1. The van der Waals surface area contributed by atoms with Crippen molar-refractivity contribution in [2.24, 2.45) is 0 Å². The number of cyclic esters (lactones) is 1. The molecule has 0 N–H and O–H groups in total. The Morgan fingerprint density at radius 2 is 1.88 bits per heavy atom. The van der Waals surface area contributed by atoms with Crippen molar-refractivity contribution in [2.45, 2.75) is 0 Å². The lowest BCUT2D eigenvalue weighted by molar-refractivity contribution is -0.384. The van der Waals surface area contributed by atoms with Crippen molar-refractivity contribution in [3.8, 4) is 0 Å². The molecule has 0 saturated heterocycles. The van der Waals surface area contributed by atoms with Gasteiger partial charge in [0.15, 0.2) is 0 Å². The molecule has 0 radical (unpaired) electrons. The summed E-state index contributed by atoms with van der Waals surface area (Å²) in [5.74, 6) is -0.115. The highest BCUT2D eigenvalue weighted by molar-refractivity contribution is 9.10. The van der Waals surface area contributed by atoms with Crippen molar-refractivity contribution in [2.75, 3.05) is 0 Å². The Morgan fingerprint density at radius 1 is 1.17 bits per heavy atom. The van der Waals surface area contributed by atoms with Crippen molar-refractivity contribution in [3.63, 3.8) is 0 Å². The van der Waals surface area contributed by atoms with E-state index in [1.54, 1.807) is 6.08 Å². The zero-order valence-corrected chi connectivity index (χ0v) is 14.4. The molecule has 0 atom stereocenters. The van der Waals surface area contributed by atoms with Crippen LogP contribution in [0.5, 0.6) is 0 Å². The Morgan fingerprint density at radius 3 is 2.54 bits per heavy atom. The van der Waals surface area contributed by atoms with E-state index in [-0.39, 0.29) is 11.3 Å². The highest BCUT2D eigenvalue weighted by atomic mass is 79.9. The van der Waals surface area contributed by atoms with Gasteiger partial charge in [0.1, 0.15) is 5.76 Å². The lowest BCUT2D eigenvalue weighted by Crippen LogP contribution is -1.97. The Bertz CT molecular complexity index is 903. The van der Waals surface area contributed by atoms with Gasteiger partial charge in [-0.05, 0) is 30.4 Å². The van der Waals surface area contributed by atoms with E-state index in [4.69, 9.17) is 16.3 Å². The van der Waals surface area contributed by atoms with Gasteiger partial charge in [0.25, 0.3) is 5.69 Å². The second kappa shape index (κ2) is 6.59. The van der Waals surface area contributed by atoms with Gasteiger partial charge in [0.2, 0.25) is 0 Å². The normalized spacial score (nSPS) is 15.3. The van der Waals surface area contributed by atoms with E-state index in [1.165, 1.54) is 24.3 Å². The number of benzene rings is 2. The first-order chi connectivity index (χ1) is 11.4. The van der Waals surface area contributed by atoms with Crippen LogP contribution in [0, 0.1) is 10.1 Å². The fraction of sp³-hybridized carbons (Fsp3) is 0. The molecule has 0 bridgehead atoms. The fourth-order valence-electron chi connectivity index (χ4n) is 2.17. The molecule has 0 aliphatic carbocycles. The number of carbonyl (C=O) groups is 1. The predicted octanol–water partition coefficient (Wildman–Crippen LogP) is 4.99. The van der Waals surface area contributed by atoms with Crippen LogP contribution in [0.2, 0.25) is 5.02 Å². The van der Waals surface area contributed by atoms with E-state index in [0.29, 0.717) is 16.3 Å². The first-order valence-electron chi connectivity index (χ1n) is 6.79. The summed E-state index contributed by atoms with van der Waals surface area (Å²) in [5.41, 5.74) is 1.30. The molecule has 0 saturated carbocycles. The van der Waals surface area contributed by atoms with Crippen LogP contribution in [0.1, 0.15) is 11.1 Å². The molecule has 1 aliphatic rings. The SMILES string of the molecule is O=C1OC(c2ccc(Br)cc2)=C/C1=C/c1cc([N+](=O)[O-])ccc1Cl. The molecule has 7 heteroatoms. The van der Waals surface area contributed by atoms with E-state index in [9.17, 15) is 14.9 Å². The standard InChI is InChI=1S/C17H9BrClNO4/c18-13-3-1-10(2-4-13)16-9-12(17(21)24-16)7-11-8-14(20(22)23)5-6-15(11)19/h1-9H/b12-7-. The summed E-state index contributed by atoms with van der Waals surface area (Å²) in [6.07, 6.45) is 3.06. The van der Waals surface area contributed by atoms with Crippen LogP contribution in [0.15, 0.2) is 58.6 Å². The summed E-state index contributed by atoms with van der Waals surface area (Å²) < 4.78 is 6.16. The number of hydrogen-bond donors (Lipinski definition) is 0. The summed E-state index contributed by atoms with van der Waals surface area (Å²) in [6, 6.07) is 11.3. The lowest BCUT2D eigenvalue weighted by Gasteiger charge is -2.01. The number of rotatable bonds is 3. The minimum Gasteiger partial charge on any atom is -0.422 e. The molecule has 0 unspecified atom stereocenters. The Kier molecular flexibility index (Phi) is 4.51. The Balaban J connectivity index is 1.98. The van der Waals surface area contributed by atoms with E-state index in [1.807, 2.05) is 24.3 Å². The van der Waals surface area contributed by atoms with Crippen LogP contribution >= 0.6 is 27.5 Å². The van der Waals surface area contributed by atoms with Gasteiger partial charge in [-0.3, -0.25) is 10.1 Å². The second-order valence-corrected chi connectivity index (χ2v) is 6.29. The zero-order valence-electron chi connectivity index (χ0n) is 12.0. The maximum Gasteiger partial charge on any atom is 0.343 e. The summed E-state index contributed by atoms with van der Waals surface area (Å²) in [4.78, 5) is 22.4. The maximum atomic E-state index is 12.0. The highest BCUT2D eigenvalue weighted by Crippen LogP contribution is 2.30. The molecule has 2 aromatic carbocycles. The number of halogens is 2. The minimum atomic E-state index is -0.532. The van der Waals surface area contributed by atoms with Crippen LogP contribution in [-0.4, -0.2) is 10.9 Å². The van der Waals surface area contributed by atoms with Gasteiger partial charge in [-0.2, -0.15) is 0 Å². The second-order valence-electron chi connectivity index (χ2n) is 4.97. The van der Waals surface area contributed by atoms with E-state index in [0.717, 1.165) is 10.0 Å². The van der Waals surface area contributed by atoms with Gasteiger partial charge < -0.3 is 4.74 Å². The third kappa shape index (κ3) is 3.39. The highest BCUT2D eigenvalue weighted by Gasteiger charge is 2.22. The van der Waals surface area contributed by atoms with Gasteiger partial charge in [-0.1, -0.05) is 39.7 Å². The van der Waals surface area contributed by atoms with E-state index < -0.39 is 10.9 Å². The van der Waals surface area contributed by atoms with Gasteiger partial charge in [-0.25, -0.2) is 4.79 Å². The van der Waals surface area contributed by atoms with Gasteiger partial charge in [-0.15, -0.1) is 0 Å². The molecule has 2 aromatic rings. The molecular weight excluding hydrogens is 398 g/mol. The number of nitro groups is 1. The summed E-state index contributed by atoms with van der Waals surface area (Å²) in [7, 11) is 0. The molecule has 24 heavy (non-hydrogen) atoms. The average molecular weight is 407 g/mol. The maximum absolute atomic E-state index is 12.0. The summed E-state index contributed by atoms with van der Waals surface area (Å²) >= 11 is 9.39.